The van der Waals surface area contributed by atoms with Crippen LogP contribution in [-0.4, -0.2) is 19.0 Å². The van der Waals surface area contributed by atoms with E-state index in [1.54, 1.807) is 7.05 Å². The maximum Gasteiger partial charge on any atom is 0.237 e. The molecule has 0 radical (unpaired) electrons. The van der Waals surface area contributed by atoms with Crippen LogP contribution >= 0.6 is 15.9 Å². The lowest BCUT2D eigenvalue weighted by Crippen LogP contribution is -2.40. The van der Waals surface area contributed by atoms with Crippen LogP contribution in [0.25, 0.3) is 0 Å². The summed E-state index contributed by atoms with van der Waals surface area (Å²) in [6.07, 6.45) is 0.555. The summed E-state index contributed by atoms with van der Waals surface area (Å²) in [5, 5.41) is 2.52. The number of hydrogen-bond acceptors (Lipinski definition) is 2. The summed E-state index contributed by atoms with van der Waals surface area (Å²) in [7, 11) is 1.59. The SMILES string of the molecule is CNC(=O)[C@@H](N)Cc1cccc(Br)c1. The van der Waals surface area contributed by atoms with Crippen molar-refractivity contribution in [3.05, 3.63) is 34.3 Å². The molecule has 0 saturated heterocycles. The second kappa shape index (κ2) is 5.12. The van der Waals surface area contributed by atoms with E-state index in [0.29, 0.717) is 6.42 Å². The lowest BCUT2D eigenvalue weighted by molar-refractivity contribution is -0.121. The molecule has 0 heterocycles. The molecule has 0 fully saturated rings. The van der Waals surface area contributed by atoms with Crippen molar-refractivity contribution in [3.8, 4) is 0 Å². The van der Waals surface area contributed by atoms with Gasteiger partial charge in [0.1, 0.15) is 0 Å². The van der Waals surface area contributed by atoms with Crippen LogP contribution in [0.5, 0.6) is 0 Å². The topological polar surface area (TPSA) is 55.1 Å². The largest absolute Gasteiger partial charge is 0.358 e. The van der Waals surface area contributed by atoms with Gasteiger partial charge in [0, 0.05) is 11.5 Å². The Kier molecular flexibility index (Phi) is 4.10. The fourth-order valence-corrected chi connectivity index (χ4v) is 1.64. The zero-order valence-electron chi connectivity index (χ0n) is 7.96. The van der Waals surface area contributed by atoms with Crippen LogP contribution in [0.1, 0.15) is 5.56 Å². The van der Waals surface area contributed by atoms with Gasteiger partial charge in [-0.3, -0.25) is 4.79 Å². The lowest BCUT2D eigenvalue weighted by atomic mass is 10.1. The second-order valence-electron chi connectivity index (χ2n) is 3.05. The predicted molar refractivity (Wildman–Crippen MR) is 59.9 cm³/mol. The summed E-state index contributed by atoms with van der Waals surface area (Å²) in [6.45, 7) is 0. The molecule has 14 heavy (non-hydrogen) atoms. The van der Waals surface area contributed by atoms with Crippen LogP contribution in [0.3, 0.4) is 0 Å². The van der Waals surface area contributed by atoms with Gasteiger partial charge in [0.2, 0.25) is 5.91 Å². The molecule has 0 aliphatic heterocycles. The van der Waals surface area contributed by atoms with E-state index < -0.39 is 6.04 Å². The minimum absolute atomic E-state index is 0.134. The van der Waals surface area contributed by atoms with E-state index in [-0.39, 0.29) is 5.91 Å². The lowest BCUT2D eigenvalue weighted by Gasteiger charge is -2.09. The number of halogens is 1. The molecule has 1 rings (SSSR count). The molecule has 0 unspecified atom stereocenters. The number of likely N-dealkylation sites (N-methyl/N-ethyl adjacent to an activating group) is 1. The molecule has 0 bridgehead atoms. The van der Waals surface area contributed by atoms with Gasteiger partial charge in [0.05, 0.1) is 6.04 Å². The Morgan fingerprint density at radius 1 is 1.64 bits per heavy atom. The fourth-order valence-electron chi connectivity index (χ4n) is 1.20. The summed E-state index contributed by atoms with van der Waals surface area (Å²) in [4.78, 5) is 11.2. The zero-order valence-corrected chi connectivity index (χ0v) is 9.54. The van der Waals surface area contributed by atoms with E-state index in [1.807, 2.05) is 24.3 Å². The highest BCUT2D eigenvalue weighted by Crippen LogP contribution is 2.12. The first-order valence-electron chi connectivity index (χ1n) is 4.35. The molecule has 0 aromatic heterocycles. The highest BCUT2D eigenvalue weighted by Gasteiger charge is 2.11. The van der Waals surface area contributed by atoms with E-state index in [9.17, 15) is 4.79 Å². The van der Waals surface area contributed by atoms with Gasteiger partial charge in [-0.25, -0.2) is 0 Å². The number of benzene rings is 1. The van der Waals surface area contributed by atoms with Crippen molar-refractivity contribution >= 4 is 21.8 Å². The second-order valence-corrected chi connectivity index (χ2v) is 3.97. The summed E-state index contributed by atoms with van der Waals surface area (Å²) in [5.74, 6) is -0.134. The standard InChI is InChI=1S/C10H13BrN2O/c1-13-10(14)9(12)6-7-3-2-4-8(11)5-7/h2-5,9H,6,12H2,1H3,(H,13,14)/t9-/m0/s1. The summed E-state index contributed by atoms with van der Waals surface area (Å²) in [5.41, 5.74) is 6.73. The Balaban J connectivity index is 2.64. The minimum atomic E-state index is -0.478. The summed E-state index contributed by atoms with van der Waals surface area (Å²) < 4.78 is 0.999. The van der Waals surface area contributed by atoms with E-state index in [2.05, 4.69) is 21.2 Å². The Hall–Kier alpha value is -0.870. The maximum absolute atomic E-state index is 11.2. The van der Waals surface area contributed by atoms with Gasteiger partial charge in [0.25, 0.3) is 0 Å². The molecule has 1 atom stereocenters. The van der Waals surface area contributed by atoms with Crippen molar-refractivity contribution in [3.63, 3.8) is 0 Å². The van der Waals surface area contributed by atoms with Crippen LogP contribution in [0.15, 0.2) is 28.7 Å². The smallest absolute Gasteiger partial charge is 0.237 e. The third kappa shape index (κ3) is 3.12. The first-order chi connectivity index (χ1) is 6.63. The van der Waals surface area contributed by atoms with Crippen LogP contribution in [0.2, 0.25) is 0 Å². The number of hydrogen-bond donors (Lipinski definition) is 2. The number of nitrogens with one attached hydrogen (secondary N) is 1. The molecule has 3 nitrogen and oxygen atoms in total. The zero-order chi connectivity index (χ0) is 10.6. The number of amides is 1. The van der Waals surface area contributed by atoms with Crippen LogP contribution in [0, 0.1) is 0 Å². The molecule has 1 amide bonds. The van der Waals surface area contributed by atoms with Crippen LogP contribution in [-0.2, 0) is 11.2 Å². The molecule has 0 aliphatic carbocycles. The number of nitrogens with two attached hydrogens (primary N) is 1. The molecular weight excluding hydrogens is 244 g/mol. The molecule has 1 aromatic carbocycles. The van der Waals surface area contributed by atoms with E-state index >= 15 is 0 Å². The molecule has 0 spiro atoms. The number of carbonyl (C=O) groups excluding carboxylic acids is 1. The summed E-state index contributed by atoms with van der Waals surface area (Å²) >= 11 is 3.36. The first kappa shape index (κ1) is 11.2. The van der Waals surface area contributed by atoms with Gasteiger partial charge < -0.3 is 11.1 Å². The Labute approximate surface area is 91.8 Å². The third-order valence-electron chi connectivity index (χ3n) is 1.93. The predicted octanol–water partition coefficient (Wildman–Crippen LogP) is 1.06. The third-order valence-corrected chi connectivity index (χ3v) is 2.42. The van der Waals surface area contributed by atoms with E-state index in [4.69, 9.17) is 5.73 Å². The van der Waals surface area contributed by atoms with Gasteiger partial charge in [-0.05, 0) is 24.1 Å². The highest BCUT2D eigenvalue weighted by atomic mass is 79.9. The maximum atomic E-state index is 11.2. The molecular formula is C10H13BrN2O. The molecule has 0 aliphatic rings. The van der Waals surface area contributed by atoms with Crippen molar-refractivity contribution in [2.45, 2.75) is 12.5 Å². The van der Waals surface area contributed by atoms with Crippen molar-refractivity contribution in [1.29, 1.82) is 0 Å². The molecule has 0 saturated carbocycles. The molecule has 3 N–H and O–H groups in total. The Bertz CT molecular complexity index is 328. The molecule has 76 valence electrons. The normalized spacial score (nSPS) is 12.2. The average molecular weight is 257 g/mol. The Morgan fingerprint density at radius 3 is 2.93 bits per heavy atom. The van der Waals surface area contributed by atoms with Gasteiger partial charge >= 0.3 is 0 Å². The minimum Gasteiger partial charge on any atom is -0.358 e. The highest BCUT2D eigenvalue weighted by molar-refractivity contribution is 9.10. The molecule has 1 aromatic rings. The van der Waals surface area contributed by atoms with E-state index in [0.717, 1.165) is 10.0 Å². The summed E-state index contributed by atoms with van der Waals surface area (Å²) in [6, 6.07) is 7.30. The van der Waals surface area contributed by atoms with Crippen LogP contribution in [0.4, 0.5) is 0 Å². The Morgan fingerprint density at radius 2 is 2.36 bits per heavy atom. The first-order valence-corrected chi connectivity index (χ1v) is 5.14. The quantitative estimate of drug-likeness (QED) is 0.850. The van der Waals surface area contributed by atoms with Gasteiger partial charge in [0.15, 0.2) is 0 Å². The van der Waals surface area contributed by atoms with Crippen molar-refractivity contribution < 1.29 is 4.79 Å². The van der Waals surface area contributed by atoms with Gasteiger partial charge in [-0.1, -0.05) is 28.1 Å². The average Bonchev–Trinajstić information content (AvgIpc) is 2.16. The fraction of sp³-hybridized carbons (Fsp3) is 0.300. The van der Waals surface area contributed by atoms with Gasteiger partial charge in [-0.2, -0.15) is 0 Å². The number of rotatable bonds is 3. The van der Waals surface area contributed by atoms with Crippen molar-refractivity contribution in [2.24, 2.45) is 5.73 Å². The van der Waals surface area contributed by atoms with Crippen LogP contribution < -0.4 is 11.1 Å². The van der Waals surface area contributed by atoms with Crippen molar-refractivity contribution in [1.82, 2.24) is 5.32 Å². The monoisotopic (exact) mass is 256 g/mol. The van der Waals surface area contributed by atoms with Crippen molar-refractivity contribution in [2.75, 3.05) is 7.05 Å². The molecule has 4 heteroatoms. The van der Waals surface area contributed by atoms with E-state index in [1.165, 1.54) is 0 Å². The number of carbonyl (C=O) groups is 1. The van der Waals surface area contributed by atoms with Gasteiger partial charge in [-0.15, -0.1) is 0 Å².